The molecule has 0 unspecified atom stereocenters. The van der Waals surface area contributed by atoms with Gasteiger partial charge in [0.2, 0.25) is 5.91 Å². The van der Waals surface area contributed by atoms with Gasteiger partial charge in [-0.3, -0.25) is 9.59 Å². The number of carbonyl (C=O) groups excluding carboxylic acids is 3. The molecule has 0 atom stereocenters. The zero-order valence-electron chi connectivity index (χ0n) is 17.0. The first-order valence-corrected chi connectivity index (χ1v) is 10.7. The molecule has 30 heavy (non-hydrogen) atoms. The molecule has 2 heterocycles. The lowest BCUT2D eigenvalue weighted by Crippen LogP contribution is -2.16. The van der Waals surface area contributed by atoms with Crippen molar-refractivity contribution in [3.05, 3.63) is 64.8 Å². The van der Waals surface area contributed by atoms with Crippen LogP contribution in [0.2, 0.25) is 0 Å². The molecule has 2 aromatic heterocycles. The Morgan fingerprint density at radius 2 is 1.93 bits per heavy atom. The molecule has 1 N–H and O–H groups in total. The molecule has 0 fully saturated rings. The van der Waals surface area contributed by atoms with Gasteiger partial charge in [0.05, 0.1) is 12.3 Å². The lowest BCUT2D eigenvalue weighted by molar-refractivity contribution is -0.116. The predicted octanol–water partition coefficient (Wildman–Crippen LogP) is 4.80. The third-order valence-electron chi connectivity index (χ3n) is 4.76. The van der Waals surface area contributed by atoms with E-state index in [2.05, 4.69) is 12.2 Å². The van der Waals surface area contributed by atoms with Gasteiger partial charge in [0, 0.05) is 30.1 Å². The Labute approximate surface area is 179 Å². The van der Waals surface area contributed by atoms with E-state index in [4.69, 9.17) is 4.74 Å². The van der Waals surface area contributed by atoms with Gasteiger partial charge in [-0.25, -0.2) is 4.79 Å². The van der Waals surface area contributed by atoms with E-state index in [-0.39, 0.29) is 18.9 Å². The number of esters is 1. The first-order valence-electron chi connectivity index (χ1n) is 9.85. The maximum Gasteiger partial charge on any atom is 0.341 e. The van der Waals surface area contributed by atoms with Gasteiger partial charge in [-0.05, 0) is 36.6 Å². The van der Waals surface area contributed by atoms with E-state index < -0.39 is 5.97 Å². The number of aldehydes is 1. The van der Waals surface area contributed by atoms with Gasteiger partial charge < -0.3 is 14.6 Å². The Morgan fingerprint density at radius 1 is 1.17 bits per heavy atom. The van der Waals surface area contributed by atoms with Gasteiger partial charge in [0.15, 0.2) is 6.29 Å². The van der Waals surface area contributed by atoms with Crippen molar-refractivity contribution >= 4 is 34.5 Å². The summed E-state index contributed by atoms with van der Waals surface area (Å²) in [7, 11) is 0. The van der Waals surface area contributed by atoms with Crippen molar-refractivity contribution in [1.29, 1.82) is 0 Å². The molecule has 3 aromatic rings. The highest BCUT2D eigenvalue weighted by molar-refractivity contribution is 7.15. The van der Waals surface area contributed by atoms with Crippen LogP contribution in [0.3, 0.4) is 0 Å². The molecule has 0 aliphatic carbocycles. The van der Waals surface area contributed by atoms with Gasteiger partial charge in [0.25, 0.3) is 0 Å². The van der Waals surface area contributed by atoms with E-state index in [1.807, 2.05) is 29.6 Å². The van der Waals surface area contributed by atoms with Crippen molar-refractivity contribution in [3.63, 3.8) is 0 Å². The van der Waals surface area contributed by atoms with E-state index in [0.717, 1.165) is 23.8 Å². The van der Waals surface area contributed by atoms with Crippen molar-refractivity contribution in [1.82, 2.24) is 4.57 Å². The van der Waals surface area contributed by atoms with E-state index in [1.165, 1.54) is 16.9 Å². The minimum Gasteiger partial charge on any atom is -0.462 e. The van der Waals surface area contributed by atoms with Crippen LogP contribution in [0.15, 0.2) is 48.0 Å². The van der Waals surface area contributed by atoms with Crippen LogP contribution in [-0.2, 0) is 22.5 Å². The number of nitrogens with one attached hydrogen (secondary N) is 1. The Hall–Kier alpha value is -3.19. The average Bonchev–Trinajstić information content (AvgIpc) is 3.39. The number of aryl methyl sites for hydroxylation is 2. The van der Waals surface area contributed by atoms with E-state index in [0.29, 0.717) is 22.8 Å². The lowest BCUT2D eigenvalue weighted by atomic mass is 10.0. The van der Waals surface area contributed by atoms with Gasteiger partial charge >= 0.3 is 5.97 Å². The molecule has 0 saturated carbocycles. The first kappa shape index (κ1) is 21.5. The van der Waals surface area contributed by atoms with Crippen LogP contribution in [0.4, 0.5) is 5.00 Å². The quantitative estimate of drug-likeness (QED) is 0.395. The minimum absolute atomic E-state index is 0.177. The number of hydrogen-bond acceptors (Lipinski definition) is 5. The number of hydrogen-bond donors (Lipinski definition) is 1. The number of nitrogens with zero attached hydrogens (tertiary/aromatic N) is 1. The molecule has 0 aliphatic heterocycles. The molecular formula is C23H24N2O4S. The third kappa shape index (κ3) is 4.86. The molecule has 7 heteroatoms. The average molecular weight is 425 g/mol. The summed E-state index contributed by atoms with van der Waals surface area (Å²) in [6.07, 6.45) is 3.62. The highest BCUT2D eigenvalue weighted by Crippen LogP contribution is 2.36. The van der Waals surface area contributed by atoms with Crippen molar-refractivity contribution < 1.29 is 19.1 Å². The van der Waals surface area contributed by atoms with Crippen molar-refractivity contribution in [2.24, 2.45) is 0 Å². The highest BCUT2D eigenvalue weighted by atomic mass is 32.1. The lowest BCUT2D eigenvalue weighted by Gasteiger charge is -2.10. The fourth-order valence-electron chi connectivity index (χ4n) is 3.14. The molecular weight excluding hydrogens is 400 g/mol. The van der Waals surface area contributed by atoms with Crippen LogP contribution < -0.4 is 5.32 Å². The van der Waals surface area contributed by atoms with Crippen LogP contribution >= 0.6 is 11.3 Å². The van der Waals surface area contributed by atoms with Gasteiger partial charge in [-0.1, -0.05) is 31.2 Å². The maximum absolute atomic E-state index is 12.6. The zero-order valence-corrected chi connectivity index (χ0v) is 17.8. The zero-order chi connectivity index (χ0) is 21.5. The first-order chi connectivity index (χ1) is 14.6. The standard InChI is InChI=1S/C23H24N2O4S/c1-3-16-7-9-17(10-8-16)19-15-30-22(21(19)23(28)29-4-2)24-20(27)11-13-25-12-5-6-18(25)14-26/h5-10,12,14-15H,3-4,11,13H2,1-2H3,(H,24,27). The summed E-state index contributed by atoms with van der Waals surface area (Å²) in [5, 5.41) is 5.17. The van der Waals surface area contributed by atoms with Crippen LogP contribution in [0.25, 0.3) is 11.1 Å². The summed E-state index contributed by atoms with van der Waals surface area (Å²) in [6.45, 7) is 4.46. The Balaban J connectivity index is 1.81. The predicted molar refractivity (Wildman–Crippen MR) is 118 cm³/mol. The Kier molecular flexibility index (Phi) is 7.19. The number of carbonyl (C=O) groups is 3. The molecule has 156 valence electrons. The highest BCUT2D eigenvalue weighted by Gasteiger charge is 2.22. The fraction of sp³-hybridized carbons (Fsp3) is 0.261. The summed E-state index contributed by atoms with van der Waals surface area (Å²) in [4.78, 5) is 36.2. The molecule has 1 amide bonds. The van der Waals surface area contributed by atoms with Crippen LogP contribution in [0.1, 0.15) is 46.7 Å². The second-order valence-electron chi connectivity index (χ2n) is 6.67. The number of amides is 1. The van der Waals surface area contributed by atoms with Crippen LogP contribution in [-0.4, -0.2) is 29.3 Å². The molecule has 3 rings (SSSR count). The number of thiophene rings is 1. The molecule has 0 radical (unpaired) electrons. The van der Waals surface area contributed by atoms with Gasteiger partial charge in [-0.2, -0.15) is 0 Å². The topological polar surface area (TPSA) is 77.4 Å². The second-order valence-corrected chi connectivity index (χ2v) is 7.55. The second kappa shape index (κ2) is 10.0. The number of rotatable bonds is 9. The molecule has 1 aromatic carbocycles. The Bertz CT molecular complexity index is 1030. The number of aromatic nitrogens is 1. The van der Waals surface area contributed by atoms with Gasteiger partial charge in [-0.15, -0.1) is 11.3 Å². The minimum atomic E-state index is -0.461. The molecule has 6 nitrogen and oxygen atoms in total. The smallest absolute Gasteiger partial charge is 0.341 e. The fourth-order valence-corrected chi connectivity index (χ4v) is 4.11. The Morgan fingerprint density at radius 3 is 2.60 bits per heavy atom. The summed E-state index contributed by atoms with van der Waals surface area (Å²) in [5.74, 6) is -0.696. The summed E-state index contributed by atoms with van der Waals surface area (Å²) in [6, 6.07) is 11.5. The van der Waals surface area contributed by atoms with Crippen molar-refractivity contribution in [3.8, 4) is 11.1 Å². The maximum atomic E-state index is 12.6. The largest absolute Gasteiger partial charge is 0.462 e. The summed E-state index contributed by atoms with van der Waals surface area (Å²) < 4.78 is 6.95. The molecule has 0 aliphatic rings. The van der Waals surface area contributed by atoms with E-state index in [1.54, 1.807) is 29.8 Å². The summed E-state index contributed by atoms with van der Waals surface area (Å²) >= 11 is 1.30. The third-order valence-corrected chi connectivity index (χ3v) is 5.66. The van der Waals surface area contributed by atoms with Crippen LogP contribution in [0.5, 0.6) is 0 Å². The van der Waals surface area contributed by atoms with E-state index >= 15 is 0 Å². The number of anilines is 1. The normalized spacial score (nSPS) is 10.6. The molecule has 0 bridgehead atoms. The number of benzene rings is 1. The van der Waals surface area contributed by atoms with E-state index in [9.17, 15) is 14.4 Å². The summed E-state index contributed by atoms with van der Waals surface area (Å²) in [5.41, 5.74) is 3.73. The molecule has 0 saturated heterocycles. The molecule has 0 spiro atoms. The van der Waals surface area contributed by atoms with Crippen LogP contribution in [0, 0.1) is 0 Å². The SMILES string of the molecule is CCOC(=O)c1c(-c2ccc(CC)cc2)csc1NC(=O)CCn1cccc1C=O. The number of ether oxygens (including phenoxy) is 1. The van der Waals surface area contributed by atoms with Crippen molar-refractivity contribution in [2.45, 2.75) is 33.2 Å². The monoisotopic (exact) mass is 424 g/mol. The van der Waals surface area contributed by atoms with Gasteiger partial charge in [0.1, 0.15) is 10.6 Å². The van der Waals surface area contributed by atoms with Crippen molar-refractivity contribution in [2.75, 3.05) is 11.9 Å².